The summed E-state index contributed by atoms with van der Waals surface area (Å²) in [5, 5.41) is 0. The summed E-state index contributed by atoms with van der Waals surface area (Å²) >= 11 is 0. The Hall–Kier alpha value is -3.79. The van der Waals surface area contributed by atoms with E-state index >= 15 is 8.78 Å². The SMILES string of the molecule is CCCCCc1cnc(-c2ccc(C(F)(F)OC3CCC(c4ccc(-c5cc(F)c(F)c(F)c5)c(F)c4)CC3)c(F)c2)nc1. The van der Waals surface area contributed by atoms with Crippen LogP contribution in [0.1, 0.15) is 74.5 Å². The third kappa shape index (κ3) is 7.12. The summed E-state index contributed by atoms with van der Waals surface area (Å²) < 4.78 is 106. The van der Waals surface area contributed by atoms with Gasteiger partial charge in [-0.3, -0.25) is 0 Å². The van der Waals surface area contributed by atoms with Crippen molar-refractivity contribution in [1.82, 2.24) is 9.97 Å². The topological polar surface area (TPSA) is 35.0 Å². The van der Waals surface area contributed by atoms with Crippen molar-refractivity contribution in [2.45, 2.75) is 76.4 Å². The van der Waals surface area contributed by atoms with Gasteiger partial charge in [0.2, 0.25) is 0 Å². The first kappa shape index (κ1) is 31.6. The molecule has 44 heavy (non-hydrogen) atoms. The molecular formula is C34H31F7N2O. The molecule has 0 atom stereocenters. The Morgan fingerprint density at radius 2 is 1.41 bits per heavy atom. The maximum atomic E-state index is 15.1. The second-order valence-electron chi connectivity index (χ2n) is 11.2. The number of halogens is 7. The summed E-state index contributed by atoms with van der Waals surface area (Å²) in [6, 6.07) is 8.92. The standard InChI is InChI=1S/C34H31F7N2O/c1-2-3-4-5-20-18-42-33(43-19-20)23-9-13-27(29(36)15-23)34(40,41)44-25-10-6-21(7-11-25)22-8-12-26(28(35)14-22)24-16-30(37)32(39)31(38)17-24/h8-9,12-19,21,25H,2-7,10-11H2,1H3. The van der Waals surface area contributed by atoms with Crippen molar-refractivity contribution in [3.05, 3.63) is 107 Å². The van der Waals surface area contributed by atoms with Gasteiger partial charge in [0.15, 0.2) is 23.3 Å². The summed E-state index contributed by atoms with van der Waals surface area (Å²) in [4.78, 5) is 8.52. The fraction of sp³-hybridized carbons (Fsp3) is 0.353. The normalized spacial score (nSPS) is 17.2. The van der Waals surface area contributed by atoms with Gasteiger partial charge in [0, 0.05) is 23.5 Å². The van der Waals surface area contributed by atoms with Gasteiger partial charge < -0.3 is 4.74 Å². The molecule has 0 N–H and O–H groups in total. The van der Waals surface area contributed by atoms with Crippen LogP contribution < -0.4 is 0 Å². The van der Waals surface area contributed by atoms with Gasteiger partial charge in [0.1, 0.15) is 11.6 Å². The van der Waals surface area contributed by atoms with Crippen LogP contribution in [-0.2, 0) is 17.3 Å². The van der Waals surface area contributed by atoms with Crippen LogP contribution >= 0.6 is 0 Å². The van der Waals surface area contributed by atoms with Crippen LogP contribution in [0.15, 0.2) is 60.9 Å². The van der Waals surface area contributed by atoms with E-state index in [4.69, 9.17) is 4.74 Å². The molecule has 4 aromatic rings. The minimum Gasteiger partial charge on any atom is -0.313 e. The Labute approximate surface area is 251 Å². The molecule has 0 radical (unpaired) electrons. The maximum absolute atomic E-state index is 15.1. The van der Waals surface area contributed by atoms with E-state index in [2.05, 4.69) is 16.9 Å². The average molecular weight is 617 g/mol. The quantitative estimate of drug-likeness (QED) is 0.101. The second kappa shape index (κ2) is 13.5. The average Bonchev–Trinajstić information content (AvgIpc) is 3.00. The number of rotatable bonds is 10. The van der Waals surface area contributed by atoms with Crippen LogP contribution in [0.4, 0.5) is 30.7 Å². The van der Waals surface area contributed by atoms with E-state index in [1.165, 1.54) is 18.2 Å². The van der Waals surface area contributed by atoms with Crippen molar-refractivity contribution < 1.29 is 35.5 Å². The van der Waals surface area contributed by atoms with E-state index in [-0.39, 0.29) is 41.3 Å². The molecular weight excluding hydrogens is 585 g/mol. The number of aromatic nitrogens is 2. The fourth-order valence-electron chi connectivity index (χ4n) is 5.62. The largest absolute Gasteiger partial charge is 0.386 e. The number of nitrogens with zero attached hydrogens (tertiary/aromatic N) is 2. The van der Waals surface area contributed by atoms with Crippen LogP contribution in [0.5, 0.6) is 0 Å². The first-order chi connectivity index (χ1) is 21.1. The van der Waals surface area contributed by atoms with Gasteiger partial charge in [-0.1, -0.05) is 38.0 Å². The van der Waals surface area contributed by atoms with E-state index in [1.807, 2.05) is 0 Å². The summed E-state index contributed by atoms with van der Waals surface area (Å²) in [7, 11) is 0. The molecule has 1 aromatic heterocycles. The zero-order valence-corrected chi connectivity index (χ0v) is 24.0. The molecule has 1 fully saturated rings. The number of hydrogen-bond acceptors (Lipinski definition) is 3. The summed E-state index contributed by atoms with van der Waals surface area (Å²) in [5.41, 5.74) is 0.698. The van der Waals surface area contributed by atoms with Crippen LogP contribution in [0.2, 0.25) is 0 Å². The molecule has 1 heterocycles. The van der Waals surface area contributed by atoms with Crippen LogP contribution in [-0.4, -0.2) is 16.1 Å². The van der Waals surface area contributed by atoms with Gasteiger partial charge in [0.05, 0.1) is 11.7 Å². The fourth-order valence-corrected chi connectivity index (χ4v) is 5.62. The highest BCUT2D eigenvalue weighted by Gasteiger charge is 2.40. The lowest BCUT2D eigenvalue weighted by Gasteiger charge is -2.31. The number of unbranched alkanes of at least 4 members (excludes halogenated alkanes) is 2. The monoisotopic (exact) mass is 616 g/mol. The zero-order chi connectivity index (χ0) is 31.4. The number of benzene rings is 3. The number of aryl methyl sites for hydroxylation is 1. The second-order valence-corrected chi connectivity index (χ2v) is 11.2. The van der Waals surface area contributed by atoms with Crippen molar-refractivity contribution in [3.8, 4) is 22.5 Å². The zero-order valence-electron chi connectivity index (χ0n) is 24.0. The number of hydrogen-bond donors (Lipinski definition) is 0. The van der Waals surface area contributed by atoms with Crippen molar-refractivity contribution in [3.63, 3.8) is 0 Å². The van der Waals surface area contributed by atoms with Crippen LogP contribution in [0.3, 0.4) is 0 Å². The molecule has 0 saturated heterocycles. The molecule has 0 spiro atoms. The summed E-state index contributed by atoms with van der Waals surface area (Å²) in [6.45, 7) is 2.11. The third-order valence-electron chi connectivity index (χ3n) is 8.06. The van der Waals surface area contributed by atoms with Crippen LogP contribution in [0, 0.1) is 29.1 Å². The Morgan fingerprint density at radius 1 is 0.750 bits per heavy atom. The number of alkyl halides is 2. The molecule has 0 aliphatic heterocycles. The van der Waals surface area contributed by atoms with E-state index in [1.54, 1.807) is 18.5 Å². The maximum Gasteiger partial charge on any atom is 0.386 e. The Bertz CT molecular complexity index is 1580. The third-order valence-corrected chi connectivity index (χ3v) is 8.06. The highest BCUT2D eigenvalue weighted by atomic mass is 19.3. The lowest BCUT2D eigenvalue weighted by molar-refractivity contribution is -0.278. The van der Waals surface area contributed by atoms with E-state index in [9.17, 15) is 22.0 Å². The highest BCUT2D eigenvalue weighted by molar-refractivity contribution is 5.65. The minimum absolute atomic E-state index is 0.0951. The van der Waals surface area contributed by atoms with Crippen molar-refractivity contribution >= 4 is 0 Å². The van der Waals surface area contributed by atoms with Crippen molar-refractivity contribution in [2.75, 3.05) is 0 Å². The molecule has 0 amide bonds. The molecule has 0 unspecified atom stereocenters. The highest BCUT2D eigenvalue weighted by Crippen LogP contribution is 2.41. The molecule has 5 rings (SSSR count). The van der Waals surface area contributed by atoms with Gasteiger partial charge in [-0.25, -0.2) is 31.9 Å². The molecule has 1 aliphatic rings. The first-order valence-electron chi connectivity index (χ1n) is 14.7. The molecule has 1 saturated carbocycles. The Morgan fingerprint density at radius 3 is 2.02 bits per heavy atom. The lowest BCUT2D eigenvalue weighted by Crippen LogP contribution is -2.30. The molecule has 3 nitrogen and oxygen atoms in total. The molecule has 10 heteroatoms. The number of ether oxygens (including phenoxy) is 1. The van der Waals surface area contributed by atoms with Gasteiger partial charge in [0.25, 0.3) is 0 Å². The van der Waals surface area contributed by atoms with Gasteiger partial charge >= 0.3 is 6.11 Å². The Kier molecular flexibility index (Phi) is 9.68. The van der Waals surface area contributed by atoms with Gasteiger partial charge in [-0.05, 0) is 91.5 Å². The smallest absolute Gasteiger partial charge is 0.313 e. The van der Waals surface area contributed by atoms with Gasteiger partial charge in [-0.2, -0.15) is 8.78 Å². The predicted molar refractivity (Wildman–Crippen MR) is 152 cm³/mol. The van der Waals surface area contributed by atoms with E-state index in [0.717, 1.165) is 55.5 Å². The lowest BCUT2D eigenvalue weighted by atomic mass is 9.82. The molecule has 1 aliphatic carbocycles. The first-order valence-corrected chi connectivity index (χ1v) is 14.7. The van der Waals surface area contributed by atoms with Crippen molar-refractivity contribution in [2.24, 2.45) is 0 Å². The molecule has 232 valence electrons. The Balaban J connectivity index is 1.20. The molecule has 0 bridgehead atoms. The van der Waals surface area contributed by atoms with Crippen LogP contribution in [0.25, 0.3) is 22.5 Å². The molecule has 3 aromatic carbocycles. The minimum atomic E-state index is -3.88. The summed E-state index contributed by atoms with van der Waals surface area (Å²) in [6.07, 6.45) is 3.90. The predicted octanol–water partition coefficient (Wildman–Crippen LogP) is 10.0. The van der Waals surface area contributed by atoms with Gasteiger partial charge in [-0.15, -0.1) is 0 Å². The van der Waals surface area contributed by atoms with E-state index < -0.39 is 46.9 Å². The summed E-state index contributed by atoms with van der Waals surface area (Å²) in [5.74, 6) is -6.29. The van der Waals surface area contributed by atoms with Crippen molar-refractivity contribution in [1.29, 1.82) is 0 Å². The van der Waals surface area contributed by atoms with E-state index in [0.29, 0.717) is 18.4 Å².